The second-order valence-corrected chi connectivity index (χ2v) is 14.0. The van der Waals surface area contributed by atoms with Crippen molar-refractivity contribution in [2.75, 3.05) is 62.2 Å². The molecule has 0 bridgehead atoms. The lowest BCUT2D eigenvalue weighted by molar-refractivity contribution is -0.138. The molecule has 0 N–H and O–H groups in total. The van der Waals surface area contributed by atoms with Crippen LogP contribution in [0.3, 0.4) is 0 Å². The van der Waals surface area contributed by atoms with Crippen LogP contribution in [0.5, 0.6) is 5.75 Å². The van der Waals surface area contributed by atoms with Crippen LogP contribution < -0.4 is 14.5 Å². The maximum atomic E-state index is 13.4. The molecule has 3 aliphatic heterocycles. The highest BCUT2D eigenvalue weighted by Crippen LogP contribution is 2.36. The lowest BCUT2D eigenvalue weighted by Gasteiger charge is -2.36. The van der Waals surface area contributed by atoms with E-state index in [-0.39, 0.29) is 23.4 Å². The molecule has 1 amide bonds. The molecule has 7 nitrogen and oxygen atoms in total. The Hall–Kier alpha value is -3.79. The number of nitrogens with zero attached hydrogens (tertiary/aromatic N) is 5. The third-order valence-electron chi connectivity index (χ3n) is 10.6. The summed E-state index contributed by atoms with van der Waals surface area (Å²) in [5.74, 6) is 1.23. The van der Waals surface area contributed by atoms with Gasteiger partial charge in [-0.05, 0) is 106 Å². The summed E-state index contributed by atoms with van der Waals surface area (Å²) in [6.07, 6.45) is 3.32. The number of aromatic nitrogens is 1. The van der Waals surface area contributed by atoms with Crippen molar-refractivity contribution in [3.05, 3.63) is 82.7 Å². The topological polar surface area (TPSA) is 52.2 Å². The first-order valence-electron chi connectivity index (χ1n) is 18.0. The van der Waals surface area contributed by atoms with Crippen LogP contribution in [0.1, 0.15) is 91.0 Å². The Morgan fingerprint density at radius 2 is 1.63 bits per heavy atom. The van der Waals surface area contributed by atoms with E-state index in [9.17, 15) is 18.0 Å². The molecule has 2 fully saturated rings. The number of pyridine rings is 1. The Morgan fingerprint density at radius 1 is 0.918 bits per heavy atom. The van der Waals surface area contributed by atoms with Crippen LogP contribution in [0.2, 0.25) is 0 Å². The Morgan fingerprint density at radius 3 is 2.33 bits per heavy atom. The Labute approximate surface area is 289 Å². The zero-order chi connectivity index (χ0) is 34.5. The van der Waals surface area contributed by atoms with Crippen molar-refractivity contribution in [1.29, 1.82) is 0 Å². The lowest BCUT2D eigenvalue weighted by Crippen LogP contribution is -2.46. The molecule has 264 valence electrons. The third kappa shape index (κ3) is 8.34. The predicted octanol–water partition coefficient (Wildman–Crippen LogP) is 7.92. The molecule has 0 radical (unpaired) electrons. The molecule has 4 heterocycles. The molecule has 0 aliphatic carbocycles. The average Bonchev–Trinajstić information content (AvgIpc) is 3.44. The van der Waals surface area contributed by atoms with Crippen molar-refractivity contribution in [3.8, 4) is 5.75 Å². The molecule has 1 atom stereocenters. The van der Waals surface area contributed by atoms with Crippen LogP contribution in [-0.2, 0) is 12.7 Å². The first-order valence-corrected chi connectivity index (χ1v) is 18.0. The number of aryl methyl sites for hydroxylation is 1. The SMILES string of the molecule is CCCC(C)N1Cc2cc(N3CCN(CCCCOc4ccc(C5CCN(c6ccc(C)c(C(F)(F)F)c6)CC5)nc4)CC3)ccc2C1=O. The van der Waals surface area contributed by atoms with Crippen molar-refractivity contribution < 1.29 is 22.7 Å². The molecular weight excluding hydrogens is 627 g/mol. The number of unbranched alkanes of at least 4 members (excludes halogenated alkanes) is 1. The summed E-state index contributed by atoms with van der Waals surface area (Å²) in [7, 11) is 0. The molecule has 6 rings (SSSR count). The molecule has 49 heavy (non-hydrogen) atoms. The van der Waals surface area contributed by atoms with Gasteiger partial charge < -0.3 is 19.4 Å². The first-order chi connectivity index (χ1) is 23.6. The number of hydrogen-bond acceptors (Lipinski definition) is 6. The standard InChI is InChI=1S/C39H50F3N5O2/c1-4-7-29(3)47-27-31-24-32(10-12-35(31)38(47)48)46-21-19-44(20-22-46)16-5-6-23-49-34-11-13-37(43-26-34)30-14-17-45(18-15-30)33-9-8-28(2)36(25-33)39(40,41)42/h8-13,24-26,29-30H,4-7,14-23,27H2,1-3H3. The lowest BCUT2D eigenvalue weighted by atomic mass is 9.92. The van der Waals surface area contributed by atoms with Gasteiger partial charge in [0.1, 0.15) is 5.75 Å². The van der Waals surface area contributed by atoms with E-state index in [1.54, 1.807) is 18.3 Å². The quantitative estimate of drug-likeness (QED) is 0.182. The zero-order valence-electron chi connectivity index (χ0n) is 29.1. The molecule has 1 unspecified atom stereocenters. The van der Waals surface area contributed by atoms with Gasteiger partial charge in [-0.25, -0.2) is 0 Å². The minimum Gasteiger partial charge on any atom is -0.492 e. The molecule has 0 saturated carbocycles. The van der Waals surface area contributed by atoms with Gasteiger partial charge in [0, 0.05) is 80.4 Å². The van der Waals surface area contributed by atoms with Gasteiger partial charge in [0.25, 0.3) is 5.91 Å². The van der Waals surface area contributed by atoms with Crippen molar-refractivity contribution >= 4 is 17.3 Å². The van der Waals surface area contributed by atoms with Gasteiger partial charge in [-0.3, -0.25) is 14.7 Å². The van der Waals surface area contributed by atoms with Crippen LogP contribution in [0.4, 0.5) is 24.5 Å². The van der Waals surface area contributed by atoms with Gasteiger partial charge in [-0.15, -0.1) is 0 Å². The number of carbonyl (C=O) groups excluding carboxylic acids is 1. The highest BCUT2D eigenvalue weighted by atomic mass is 19.4. The summed E-state index contributed by atoms with van der Waals surface area (Å²) < 4.78 is 46.2. The molecule has 3 aromatic rings. The van der Waals surface area contributed by atoms with Gasteiger partial charge in [-0.1, -0.05) is 19.4 Å². The molecular formula is C39H50F3N5O2. The smallest absolute Gasteiger partial charge is 0.416 e. The van der Waals surface area contributed by atoms with E-state index in [0.29, 0.717) is 25.4 Å². The van der Waals surface area contributed by atoms with Gasteiger partial charge in [0.2, 0.25) is 0 Å². The number of hydrogen-bond donors (Lipinski definition) is 0. The fourth-order valence-corrected chi connectivity index (χ4v) is 7.58. The number of rotatable bonds is 12. The fraction of sp³-hybridized carbons (Fsp3) is 0.538. The van der Waals surface area contributed by atoms with Crippen molar-refractivity contribution in [2.45, 2.75) is 84.0 Å². The highest BCUT2D eigenvalue weighted by molar-refractivity contribution is 5.99. The number of piperidine rings is 1. The number of benzene rings is 2. The molecule has 0 spiro atoms. The van der Waals surface area contributed by atoms with Crippen molar-refractivity contribution in [3.63, 3.8) is 0 Å². The predicted molar refractivity (Wildman–Crippen MR) is 189 cm³/mol. The first kappa shape index (κ1) is 35.1. The van der Waals surface area contributed by atoms with E-state index in [1.165, 1.54) is 18.7 Å². The van der Waals surface area contributed by atoms with E-state index in [1.807, 2.05) is 28.0 Å². The number of carbonyl (C=O) groups is 1. The van der Waals surface area contributed by atoms with Crippen LogP contribution in [-0.4, -0.2) is 79.2 Å². The average molecular weight is 678 g/mol. The van der Waals surface area contributed by atoms with Crippen molar-refractivity contribution in [2.24, 2.45) is 0 Å². The molecule has 1 aromatic heterocycles. The van der Waals surface area contributed by atoms with Crippen LogP contribution in [0.15, 0.2) is 54.7 Å². The number of alkyl halides is 3. The van der Waals surface area contributed by atoms with Crippen LogP contribution in [0.25, 0.3) is 0 Å². The molecule has 10 heteroatoms. The third-order valence-corrected chi connectivity index (χ3v) is 10.6. The molecule has 2 aromatic carbocycles. The summed E-state index contributed by atoms with van der Waals surface area (Å²) in [4.78, 5) is 26.6. The Bertz CT molecular complexity index is 1560. The van der Waals surface area contributed by atoms with Crippen LogP contribution in [0, 0.1) is 6.92 Å². The van der Waals surface area contributed by atoms with E-state index in [0.717, 1.165) is 100 Å². The van der Waals surface area contributed by atoms with Gasteiger partial charge >= 0.3 is 6.18 Å². The summed E-state index contributed by atoms with van der Waals surface area (Å²) in [5, 5.41) is 0. The highest BCUT2D eigenvalue weighted by Gasteiger charge is 2.34. The van der Waals surface area contributed by atoms with E-state index < -0.39 is 11.7 Å². The number of anilines is 2. The Balaban J connectivity index is 0.876. The fourth-order valence-electron chi connectivity index (χ4n) is 7.58. The summed E-state index contributed by atoms with van der Waals surface area (Å²) >= 11 is 0. The number of amides is 1. The maximum absolute atomic E-state index is 13.4. The van der Waals surface area contributed by atoms with E-state index in [2.05, 4.69) is 40.8 Å². The maximum Gasteiger partial charge on any atom is 0.416 e. The monoisotopic (exact) mass is 677 g/mol. The number of halogens is 3. The normalized spacial score (nSPS) is 18.2. The van der Waals surface area contributed by atoms with E-state index in [4.69, 9.17) is 4.74 Å². The number of fused-ring (bicyclic) bond motifs is 1. The molecule has 3 aliphatic rings. The molecule has 2 saturated heterocycles. The second-order valence-electron chi connectivity index (χ2n) is 14.0. The minimum atomic E-state index is -4.34. The summed E-state index contributed by atoms with van der Waals surface area (Å²) in [6.45, 7) is 13.7. The summed E-state index contributed by atoms with van der Waals surface area (Å²) in [5.41, 5.74) is 4.59. The van der Waals surface area contributed by atoms with Gasteiger partial charge in [0.05, 0.1) is 18.4 Å². The second kappa shape index (κ2) is 15.4. The zero-order valence-corrected chi connectivity index (χ0v) is 29.1. The van der Waals surface area contributed by atoms with Gasteiger partial charge in [-0.2, -0.15) is 13.2 Å². The Kier molecular flexibility index (Phi) is 11.0. The number of ether oxygens (including phenoxy) is 1. The van der Waals surface area contributed by atoms with Gasteiger partial charge in [0.15, 0.2) is 0 Å². The number of piperazine rings is 1. The summed E-state index contributed by atoms with van der Waals surface area (Å²) in [6, 6.07) is 15.3. The van der Waals surface area contributed by atoms with Crippen LogP contribution >= 0.6 is 0 Å². The minimum absolute atomic E-state index is 0.174. The van der Waals surface area contributed by atoms with E-state index >= 15 is 0 Å². The largest absolute Gasteiger partial charge is 0.492 e. The van der Waals surface area contributed by atoms with Crippen molar-refractivity contribution in [1.82, 2.24) is 14.8 Å².